The predicted octanol–water partition coefficient (Wildman–Crippen LogP) is 1.88. The average molecular weight is 312 g/mol. The Morgan fingerprint density at radius 2 is 2.39 bits per heavy atom. The summed E-state index contributed by atoms with van der Waals surface area (Å²) in [6.45, 7) is 7.86. The molecule has 0 saturated carbocycles. The quantitative estimate of drug-likeness (QED) is 0.741. The second-order valence-corrected chi connectivity index (χ2v) is 5.66. The highest BCUT2D eigenvalue weighted by molar-refractivity contribution is 9.10. The largest absolute Gasteiger partial charge is 0.377 e. The van der Waals surface area contributed by atoms with E-state index in [0.29, 0.717) is 6.04 Å². The first kappa shape index (κ1) is 12.4. The molecule has 18 heavy (non-hydrogen) atoms. The average Bonchev–Trinajstić information content (AvgIpc) is 2.54. The summed E-state index contributed by atoms with van der Waals surface area (Å²) in [5.74, 6) is 0. The Bertz CT molecular complexity index is 440. The summed E-state index contributed by atoms with van der Waals surface area (Å²) in [4.78, 5) is 9.56. The Morgan fingerprint density at radius 1 is 1.50 bits per heavy atom. The number of morpholine rings is 1. The minimum absolute atomic E-state index is 0.461. The van der Waals surface area contributed by atoms with Crippen LogP contribution in [0.2, 0.25) is 0 Å². The Morgan fingerprint density at radius 3 is 3.22 bits per heavy atom. The third-order valence-electron chi connectivity index (χ3n) is 3.74. The normalized spacial score (nSPS) is 24.3. The molecule has 1 atom stereocenters. The number of nitrogens with zero attached hydrogens (tertiary/aromatic N) is 3. The van der Waals surface area contributed by atoms with Crippen molar-refractivity contribution in [3.63, 3.8) is 0 Å². The number of hydrogen-bond donors (Lipinski definition) is 0. The molecule has 1 unspecified atom stereocenters. The zero-order valence-corrected chi connectivity index (χ0v) is 12.2. The van der Waals surface area contributed by atoms with Gasteiger partial charge in [-0.25, -0.2) is 4.98 Å². The topological polar surface area (TPSA) is 28.6 Å². The summed E-state index contributed by atoms with van der Waals surface area (Å²) >= 11 is 3.47. The first-order valence-corrected chi connectivity index (χ1v) is 7.29. The summed E-state index contributed by atoms with van der Waals surface area (Å²) in [7, 11) is 0. The minimum atomic E-state index is 0.461. The molecule has 3 rings (SSSR count). The number of anilines is 1. The van der Waals surface area contributed by atoms with Gasteiger partial charge < -0.3 is 9.64 Å². The van der Waals surface area contributed by atoms with Gasteiger partial charge in [0.25, 0.3) is 0 Å². The maximum Gasteiger partial charge on any atom is 0.106 e. The number of fused-ring (bicyclic) bond motifs is 3. The summed E-state index contributed by atoms with van der Waals surface area (Å²) in [5, 5.41) is 0. The molecule has 0 aromatic carbocycles. The molecule has 0 bridgehead atoms. The van der Waals surface area contributed by atoms with Gasteiger partial charge in [0.15, 0.2) is 0 Å². The highest BCUT2D eigenvalue weighted by atomic mass is 79.9. The van der Waals surface area contributed by atoms with Crippen LogP contribution in [0.4, 0.5) is 5.69 Å². The monoisotopic (exact) mass is 311 g/mol. The molecule has 2 aliphatic rings. The van der Waals surface area contributed by atoms with Gasteiger partial charge in [0.2, 0.25) is 0 Å². The molecule has 0 spiro atoms. The SMILES string of the molecule is CCN1Cc2nc(Br)ccc2N2CCOCC2C1. The van der Waals surface area contributed by atoms with E-state index in [-0.39, 0.29) is 0 Å². The molecule has 0 aliphatic carbocycles. The lowest BCUT2D eigenvalue weighted by Gasteiger charge is -2.37. The third-order valence-corrected chi connectivity index (χ3v) is 4.18. The first-order valence-electron chi connectivity index (χ1n) is 6.50. The minimum Gasteiger partial charge on any atom is -0.377 e. The van der Waals surface area contributed by atoms with Crippen molar-refractivity contribution >= 4 is 21.6 Å². The smallest absolute Gasteiger partial charge is 0.106 e. The lowest BCUT2D eigenvalue weighted by atomic mass is 10.2. The van der Waals surface area contributed by atoms with Crippen LogP contribution in [-0.4, -0.2) is 48.8 Å². The number of likely N-dealkylation sites (N-methyl/N-ethyl adjacent to an activating group) is 1. The second kappa shape index (κ2) is 5.15. The van der Waals surface area contributed by atoms with Crippen molar-refractivity contribution in [3.05, 3.63) is 22.4 Å². The van der Waals surface area contributed by atoms with Gasteiger partial charge >= 0.3 is 0 Å². The van der Waals surface area contributed by atoms with Crippen LogP contribution in [0, 0.1) is 0 Å². The Labute approximate surface area is 116 Å². The van der Waals surface area contributed by atoms with Crippen molar-refractivity contribution in [1.29, 1.82) is 0 Å². The fraction of sp³-hybridized carbons (Fsp3) is 0.615. The highest BCUT2D eigenvalue weighted by Crippen LogP contribution is 2.29. The molecule has 0 radical (unpaired) electrons. The predicted molar refractivity (Wildman–Crippen MR) is 74.8 cm³/mol. The van der Waals surface area contributed by atoms with E-state index in [9.17, 15) is 0 Å². The van der Waals surface area contributed by atoms with Gasteiger partial charge in [-0.1, -0.05) is 6.92 Å². The zero-order valence-electron chi connectivity index (χ0n) is 10.6. The summed E-state index contributed by atoms with van der Waals surface area (Å²) < 4.78 is 6.55. The maximum atomic E-state index is 5.63. The fourth-order valence-electron chi connectivity index (χ4n) is 2.78. The van der Waals surface area contributed by atoms with Crippen molar-refractivity contribution in [2.45, 2.75) is 19.5 Å². The molecule has 4 nitrogen and oxygen atoms in total. The molecule has 0 N–H and O–H groups in total. The van der Waals surface area contributed by atoms with Crippen LogP contribution in [0.25, 0.3) is 0 Å². The van der Waals surface area contributed by atoms with Crippen molar-refractivity contribution in [1.82, 2.24) is 9.88 Å². The number of rotatable bonds is 1. The van der Waals surface area contributed by atoms with Gasteiger partial charge in [-0.2, -0.15) is 0 Å². The van der Waals surface area contributed by atoms with Crippen LogP contribution in [0.15, 0.2) is 16.7 Å². The zero-order chi connectivity index (χ0) is 12.5. The fourth-order valence-corrected chi connectivity index (χ4v) is 3.13. The number of hydrogen-bond acceptors (Lipinski definition) is 4. The molecule has 5 heteroatoms. The summed E-state index contributed by atoms with van der Waals surface area (Å²) in [6, 6.07) is 4.68. The van der Waals surface area contributed by atoms with E-state index in [2.05, 4.69) is 43.7 Å². The molecule has 3 heterocycles. The third kappa shape index (κ3) is 2.27. The van der Waals surface area contributed by atoms with Crippen LogP contribution in [0.1, 0.15) is 12.6 Å². The van der Waals surface area contributed by atoms with E-state index in [1.165, 1.54) is 11.4 Å². The molecular weight excluding hydrogens is 294 g/mol. The molecule has 1 fully saturated rings. The van der Waals surface area contributed by atoms with Gasteiger partial charge in [-0.3, -0.25) is 4.90 Å². The molecule has 1 saturated heterocycles. The Hall–Kier alpha value is -0.650. The molecule has 2 aliphatic heterocycles. The van der Waals surface area contributed by atoms with Gasteiger partial charge in [0.1, 0.15) is 4.60 Å². The standard InChI is InChI=1S/C13H18BrN3O/c1-2-16-7-10-9-18-6-5-17(10)12-3-4-13(14)15-11(12)8-16/h3-4,10H,2,5-9H2,1H3. The van der Waals surface area contributed by atoms with Gasteiger partial charge in [-0.15, -0.1) is 0 Å². The van der Waals surface area contributed by atoms with E-state index >= 15 is 0 Å². The van der Waals surface area contributed by atoms with Gasteiger partial charge in [0.05, 0.1) is 30.6 Å². The number of pyridine rings is 1. The Balaban J connectivity index is 2.00. The van der Waals surface area contributed by atoms with Crippen LogP contribution < -0.4 is 4.90 Å². The van der Waals surface area contributed by atoms with Crippen molar-refractivity contribution < 1.29 is 4.74 Å². The lowest BCUT2D eigenvalue weighted by Crippen LogP contribution is -2.49. The number of ether oxygens (including phenoxy) is 1. The maximum absolute atomic E-state index is 5.63. The van der Waals surface area contributed by atoms with Gasteiger partial charge in [-0.05, 0) is 34.6 Å². The lowest BCUT2D eigenvalue weighted by molar-refractivity contribution is 0.0817. The van der Waals surface area contributed by atoms with Crippen LogP contribution in [0.5, 0.6) is 0 Å². The molecular formula is C13H18BrN3O. The van der Waals surface area contributed by atoms with Crippen LogP contribution in [0.3, 0.4) is 0 Å². The summed E-state index contributed by atoms with van der Waals surface area (Å²) in [5.41, 5.74) is 2.46. The van der Waals surface area contributed by atoms with Crippen LogP contribution in [-0.2, 0) is 11.3 Å². The molecule has 1 aromatic rings. The van der Waals surface area contributed by atoms with E-state index in [1.807, 2.05) is 6.07 Å². The number of halogens is 1. The first-order chi connectivity index (χ1) is 8.78. The highest BCUT2D eigenvalue weighted by Gasteiger charge is 2.30. The number of aromatic nitrogens is 1. The van der Waals surface area contributed by atoms with Gasteiger partial charge in [0, 0.05) is 19.6 Å². The van der Waals surface area contributed by atoms with Crippen molar-refractivity contribution in [2.24, 2.45) is 0 Å². The van der Waals surface area contributed by atoms with E-state index in [1.54, 1.807) is 0 Å². The van der Waals surface area contributed by atoms with E-state index in [0.717, 1.165) is 44.0 Å². The van der Waals surface area contributed by atoms with E-state index in [4.69, 9.17) is 4.74 Å². The van der Waals surface area contributed by atoms with Crippen LogP contribution >= 0.6 is 15.9 Å². The molecule has 98 valence electrons. The van der Waals surface area contributed by atoms with Crippen molar-refractivity contribution in [2.75, 3.05) is 37.7 Å². The molecule has 0 amide bonds. The Kier molecular flexibility index (Phi) is 3.54. The summed E-state index contributed by atoms with van der Waals surface area (Å²) in [6.07, 6.45) is 0. The molecule has 1 aromatic heterocycles. The van der Waals surface area contributed by atoms with E-state index < -0.39 is 0 Å². The van der Waals surface area contributed by atoms with Crippen molar-refractivity contribution in [3.8, 4) is 0 Å². The second-order valence-electron chi connectivity index (χ2n) is 4.85.